The lowest BCUT2D eigenvalue weighted by Gasteiger charge is -2.32. The van der Waals surface area contributed by atoms with Crippen molar-refractivity contribution in [3.63, 3.8) is 0 Å². The van der Waals surface area contributed by atoms with Crippen molar-refractivity contribution < 1.29 is 18.0 Å². The summed E-state index contributed by atoms with van der Waals surface area (Å²) in [5, 5.41) is 2.94. The van der Waals surface area contributed by atoms with Crippen molar-refractivity contribution in [2.75, 3.05) is 19.3 Å². The minimum Gasteiger partial charge on any atom is -0.345 e. The van der Waals surface area contributed by atoms with Crippen LogP contribution in [0, 0.1) is 0 Å². The molecule has 10 nitrogen and oxygen atoms in total. The van der Waals surface area contributed by atoms with E-state index < -0.39 is 32.0 Å². The molecule has 0 radical (unpaired) electrons. The number of carbonyl (C=O) groups excluding carboxylic acids is 2. The summed E-state index contributed by atoms with van der Waals surface area (Å²) >= 11 is 5.72. The van der Waals surface area contributed by atoms with Crippen LogP contribution in [0.15, 0.2) is 29.3 Å². The van der Waals surface area contributed by atoms with E-state index in [1.165, 1.54) is 40.2 Å². The molecule has 12 heteroatoms. The van der Waals surface area contributed by atoms with E-state index in [2.05, 4.69) is 15.3 Å². The Kier molecular flexibility index (Phi) is 5.34. The molecular formula is C19H20ClN5O5S. The Morgan fingerprint density at radius 3 is 2.48 bits per heavy atom. The highest BCUT2D eigenvalue weighted by Gasteiger charge is 2.54. The minimum atomic E-state index is -3.28. The number of carbonyl (C=O) groups is 2. The van der Waals surface area contributed by atoms with Crippen LogP contribution in [0.3, 0.4) is 0 Å². The molecule has 3 heterocycles. The number of halogens is 1. The van der Waals surface area contributed by atoms with Gasteiger partial charge in [0, 0.05) is 38.3 Å². The molecule has 164 valence electrons. The van der Waals surface area contributed by atoms with E-state index in [0.29, 0.717) is 23.7 Å². The Bertz CT molecular complexity index is 1220. The van der Waals surface area contributed by atoms with Gasteiger partial charge in [-0.3, -0.25) is 14.4 Å². The zero-order valence-electron chi connectivity index (χ0n) is 16.7. The van der Waals surface area contributed by atoms with Crippen LogP contribution in [-0.2, 0) is 22.9 Å². The van der Waals surface area contributed by atoms with Gasteiger partial charge in [-0.05, 0) is 25.0 Å². The van der Waals surface area contributed by atoms with Gasteiger partial charge in [0.15, 0.2) is 9.84 Å². The van der Waals surface area contributed by atoms with Crippen LogP contribution < -0.4 is 10.9 Å². The quantitative estimate of drug-likeness (QED) is 0.647. The van der Waals surface area contributed by atoms with Crippen LogP contribution in [-0.4, -0.2) is 63.8 Å². The van der Waals surface area contributed by atoms with Crippen LogP contribution in [0.2, 0.25) is 5.02 Å². The van der Waals surface area contributed by atoms with Crippen LogP contribution in [0.25, 0.3) is 0 Å². The zero-order chi connectivity index (χ0) is 22.4. The third-order valence-electron chi connectivity index (χ3n) is 5.67. The number of fused-ring (bicyclic) bond motifs is 1. The van der Waals surface area contributed by atoms with E-state index in [0.717, 1.165) is 0 Å². The van der Waals surface area contributed by atoms with Crippen molar-refractivity contribution in [2.24, 2.45) is 0 Å². The van der Waals surface area contributed by atoms with E-state index >= 15 is 0 Å². The second-order valence-electron chi connectivity index (χ2n) is 7.77. The average molecular weight is 466 g/mol. The van der Waals surface area contributed by atoms with E-state index in [-0.39, 0.29) is 37.4 Å². The normalized spacial score (nSPS) is 17.2. The predicted molar refractivity (Wildman–Crippen MR) is 112 cm³/mol. The topological polar surface area (TPSA) is 131 Å². The van der Waals surface area contributed by atoms with Gasteiger partial charge in [-0.1, -0.05) is 11.6 Å². The Balaban J connectivity index is 1.50. The lowest BCUT2D eigenvalue weighted by Crippen LogP contribution is -2.49. The Morgan fingerprint density at radius 2 is 1.87 bits per heavy atom. The highest BCUT2D eigenvalue weighted by atomic mass is 35.5. The van der Waals surface area contributed by atoms with Gasteiger partial charge in [-0.2, -0.15) is 0 Å². The molecule has 4 rings (SSSR count). The maximum Gasteiger partial charge on any atom is 0.270 e. The number of sulfone groups is 1. The van der Waals surface area contributed by atoms with E-state index in [1.807, 2.05) is 0 Å². The molecule has 2 aromatic heterocycles. The molecule has 2 amide bonds. The molecule has 1 saturated carbocycles. The van der Waals surface area contributed by atoms with Gasteiger partial charge in [-0.15, -0.1) is 0 Å². The fourth-order valence-corrected chi connectivity index (χ4v) is 4.94. The standard InChI is InChI=1S/C19H20ClN5O5S/c1-31(29,30)19(4-5-19)11-24-6-7-25-14(18(24)28)3-2-13(17(25)27)16(26)23-10-15-21-8-12(20)9-22-15/h2-3,8-9H,4-7,10-11H2,1H3,(H,23,26). The van der Waals surface area contributed by atoms with Gasteiger partial charge in [0.05, 0.1) is 16.3 Å². The third kappa shape index (κ3) is 4.07. The summed E-state index contributed by atoms with van der Waals surface area (Å²) in [5.41, 5.74) is -0.545. The van der Waals surface area contributed by atoms with Gasteiger partial charge in [0.2, 0.25) is 0 Å². The number of nitrogens with zero attached hydrogens (tertiary/aromatic N) is 4. The molecule has 1 aliphatic carbocycles. The fraction of sp³-hybridized carbons (Fsp3) is 0.421. The second kappa shape index (κ2) is 7.72. The molecule has 1 N–H and O–H groups in total. The minimum absolute atomic E-state index is 0.0114. The van der Waals surface area contributed by atoms with E-state index in [1.54, 1.807) is 0 Å². The average Bonchev–Trinajstić information content (AvgIpc) is 3.51. The number of rotatable bonds is 6. The van der Waals surface area contributed by atoms with Crippen molar-refractivity contribution in [3.8, 4) is 0 Å². The zero-order valence-corrected chi connectivity index (χ0v) is 18.2. The van der Waals surface area contributed by atoms with Crippen molar-refractivity contribution in [1.29, 1.82) is 0 Å². The molecule has 0 saturated heterocycles. The Morgan fingerprint density at radius 1 is 1.19 bits per heavy atom. The lowest BCUT2D eigenvalue weighted by molar-refractivity contribution is 0.0695. The van der Waals surface area contributed by atoms with Crippen LogP contribution in [0.5, 0.6) is 0 Å². The molecule has 31 heavy (non-hydrogen) atoms. The van der Waals surface area contributed by atoms with Gasteiger partial charge < -0.3 is 14.8 Å². The molecule has 1 aliphatic heterocycles. The number of pyridine rings is 1. The molecule has 0 aromatic carbocycles. The maximum absolute atomic E-state index is 12.9. The first-order valence-electron chi connectivity index (χ1n) is 9.59. The second-order valence-corrected chi connectivity index (χ2v) is 10.6. The molecule has 2 aromatic rings. The lowest BCUT2D eigenvalue weighted by atomic mass is 10.1. The van der Waals surface area contributed by atoms with Gasteiger partial charge in [0.25, 0.3) is 17.4 Å². The summed E-state index contributed by atoms with van der Waals surface area (Å²) in [7, 11) is -3.28. The first-order chi connectivity index (χ1) is 14.6. The molecule has 1 fully saturated rings. The number of hydrogen-bond acceptors (Lipinski definition) is 7. The Hall–Kier alpha value is -2.79. The summed E-state index contributed by atoms with van der Waals surface area (Å²) < 4.78 is 24.5. The number of hydrogen-bond donors (Lipinski definition) is 1. The fourth-order valence-electron chi connectivity index (χ4n) is 3.61. The van der Waals surface area contributed by atoms with E-state index in [4.69, 9.17) is 11.6 Å². The first-order valence-corrected chi connectivity index (χ1v) is 11.9. The largest absolute Gasteiger partial charge is 0.345 e. The number of amides is 2. The van der Waals surface area contributed by atoms with Crippen molar-refractivity contribution >= 4 is 33.3 Å². The molecular weight excluding hydrogens is 446 g/mol. The van der Waals surface area contributed by atoms with Gasteiger partial charge in [-0.25, -0.2) is 18.4 Å². The summed E-state index contributed by atoms with van der Waals surface area (Å²) in [6.07, 6.45) is 5.04. The van der Waals surface area contributed by atoms with Crippen molar-refractivity contribution in [2.45, 2.75) is 30.7 Å². The molecule has 0 unspecified atom stereocenters. The molecule has 0 spiro atoms. The highest BCUT2D eigenvalue weighted by molar-refractivity contribution is 7.92. The monoisotopic (exact) mass is 465 g/mol. The number of nitrogens with one attached hydrogen (secondary N) is 1. The first kappa shape index (κ1) is 21.4. The summed E-state index contributed by atoms with van der Waals surface area (Å²) in [6.45, 7) is 0.507. The molecule has 2 aliphatic rings. The summed E-state index contributed by atoms with van der Waals surface area (Å²) in [4.78, 5) is 47.6. The molecule has 0 bridgehead atoms. The van der Waals surface area contributed by atoms with Crippen molar-refractivity contribution in [1.82, 2.24) is 24.8 Å². The Labute approximate surface area is 183 Å². The van der Waals surface area contributed by atoms with Crippen LogP contribution >= 0.6 is 11.6 Å². The van der Waals surface area contributed by atoms with Gasteiger partial charge in [0.1, 0.15) is 17.1 Å². The van der Waals surface area contributed by atoms with Crippen molar-refractivity contribution in [3.05, 3.63) is 57.0 Å². The van der Waals surface area contributed by atoms with Crippen LogP contribution in [0.1, 0.15) is 39.5 Å². The predicted octanol–water partition coefficient (Wildman–Crippen LogP) is 0.255. The van der Waals surface area contributed by atoms with E-state index in [9.17, 15) is 22.8 Å². The smallest absolute Gasteiger partial charge is 0.270 e. The summed E-state index contributed by atoms with van der Waals surface area (Å²) in [5.74, 6) is -0.691. The maximum atomic E-state index is 12.9. The SMILES string of the molecule is CS(=O)(=O)C1(CN2CCn3c(ccc(C(=O)NCc4ncc(Cl)cn4)c3=O)C2=O)CC1. The molecule has 0 atom stereocenters. The number of aromatic nitrogens is 3. The van der Waals surface area contributed by atoms with Crippen LogP contribution in [0.4, 0.5) is 0 Å². The highest BCUT2D eigenvalue weighted by Crippen LogP contribution is 2.44. The third-order valence-corrected chi connectivity index (χ3v) is 7.98. The van der Waals surface area contributed by atoms with Gasteiger partial charge >= 0.3 is 0 Å². The summed E-state index contributed by atoms with van der Waals surface area (Å²) in [6, 6.07) is 2.72.